The first kappa shape index (κ1) is 101. The van der Waals surface area contributed by atoms with Crippen LogP contribution in [0, 0.1) is 0 Å². The molecule has 0 saturated heterocycles. The molecule has 16 nitrogen and oxygen atoms in total. The molecule has 18 heteroatoms. The standard InChI is InChI=1S/C87H150O16P2/c1-4-7-10-13-16-19-22-25-27-29-31-33-34-35-36-37-38-39-40-41-42-43-44-45-46-48-50-51-53-56-58-61-64-67-70-73-85(90)97-76-82(88)77-99-104(93,94)100-78-83(89)79-101-105(95,96)102-81-84(103-87(92)75-72-69-66-63-60-55-24-21-18-15-12-9-6-3)80-98-86(91)74-71-68-65-62-59-57-54-52-49-47-32-30-28-26-23-20-17-14-11-8-5-2/h7-8,10-11,16-17,19-21,24-28,31-33,35-36,47,52,54,82-84,88-89H,4-6,9,12-15,18,22-23,29-30,34,37-46,48-51,53,55-81H2,1-3H3,(H,93,94)(H,95,96)/b10-7-,11-8-,19-16-,20-17-,24-21-,27-25-,28-26-,33-31-,36-35-,47-32-,54-52-. The summed E-state index contributed by atoms with van der Waals surface area (Å²) >= 11 is 0. The number of esters is 3. The van der Waals surface area contributed by atoms with Gasteiger partial charge >= 0.3 is 33.6 Å². The van der Waals surface area contributed by atoms with Gasteiger partial charge in [0.15, 0.2) is 6.10 Å². The van der Waals surface area contributed by atoms with Gasteiger partial charge in [-0.2, -0.15) is 0 Å². The Kier molecular flexibility index (Phi) is 76.0. The zero-order valence-corrected chi connectivity index (χ0v) is 67.9. The van der Waals surface area contributed by atoms with Crippen LogP contribution in [0.25, 0.3) is 0 Å². The number of hydrogen-bond acceptors (Lipinski definition) is 14. The lowest BCUT2D eigenvalue weighted by Gasteiger charge is -2.21. The van der Waals surface area contributed by atoms with Crippen molar-refractivity contribution < 1.29 is 75.8 Å². The van der Waals surface area contributed by atoms with E-state index in [2.05, 4.69) is 154 Å². The van der Waals surface area contributed by atoms with Gasteiger partial charge < -0.3 is 34.2 Å². The van der Waals surface area contributed by atoms with Crippen LogP contribution in [0.5, 0.6) is 0 Å². The van der Waals surface area contributed by atoms with E-state index in [4.69, 9.17) is 32.3 Å². The minimum atomic E-state index is -4.94. The number of hydrogen-bond donors (Lipinski definition) is 4. The van der Waals surface area contributed by atoms with Crippen molar-refractivity contribution in [3.63, 3.8) is 0 Å². The molecular weight excluding hydrogens is 1360 g/mol. The second-order valence-electron chi connectivity index (χ2n) is 27.5. The van der Waals surface area contributed by atoms with E-state index in [1.54, 1.807) is 0 Å². The number of aliphatic hydroxyl groups excluding tert-OH is 2. The third-order valence-electron chi connectivity index (χ3n) is 17.3. The van der Waals surface area contributed by atoms with E-state index in [9.17, 15) is 43.5 Å². The van der Waals surface area contributed by atoms with Crippen LogP contribution in [-0.2, 0) is 55.8 Å². The molecule has 0 aliphatic rings. The number of phosphoric ester groups is 2. The lowest BCUT2D eigenvalue weighted by molar-refractivity contribution is -0.161. The summed E-state index contributed by atoms with van der Waals surface area (Å²) in [4.78, 5) is 58.6. The quantitative estimate of drug-likeness (QED) is 0.0146. The predicted molar refractivity (Wildman–Crippen MR) is 436 cm³/mol. The molecular formula is C87H150O16P2. The Hall–Kier alpha value is -4.31. The smallest absolute Gasteiger partial charge is 0.463 e. The third kappa shape index (κ3) is 80.5. The van der Waals surface area contributed by atoms with Crippen molar-refractivity contribution in [1.82, 2.24) is 0 Å². The normalized spacial score (nSPS) is 14.6. The minimum Gasteiger partial charge on any atom is -0.463 e. The van der Waals surface area contributed by atoms with Crippen LogP contribution in [0.1, 0.15) is 342 Å². The summed E-state index contributed by atoms with van der Waals surface area (Å²) < 4.78 is 61.1. The molecule has 604 valence electrons. The Morgan fingerprint density at radius 1 is 0.276 bits per heavy atom. The number of unbranched alkanes of at least 4 members (excludes halogenated alkanes) is 33. The van der Waals surface area contributed by atoms with Crippen molar-refractivity contribution >= 4 is 33.6 Å². The summed E-state index contributed by atoms with van der Waals surface area (Å²) in [5.74, 6) is -1.60. The lowest BCUT2D eigenvalue weighted by atomic mass is 10.0. The van der Waals surface area contributed by atoms with Crippen LogP contribution in [0.2, 0.25) is 0 Å². The van der Waals surface area contributed by atoms with Gasteiger partial charge in [0.1, 0.15) is 25.4 Å². The van der Waals surface area contributed by atoms with Gasteiger partial charge in [-0.05, 0) is 135 Å². The fourth-order valence-corrected chi connectivity index (χ4v) is 12.7. The molecule has 5 atom stereocenters. The number of aliphatic hydroxyl groups is 2. The topological polar surface area (TPSA) is 231 Å². The van der Waals surface area contributed by atoms with Crippen LogP contribution in [0.4, 0.5) is 0 Å². The maximum Gasteiger partial charge on any atom is 0.472 e. The molecule has 0 fully saturated rings. The summed E-state index contributed by atoms with van der Waals surface area (Å²) in [6.07, 6.45) is 96.7. The monoisotopic (exact) mass is 1510 g/mol. The van der Waals surface area contributed by atoms with Crippen molar-refractivity contribution in [3.8, 4) is 0 Å². The number of carbonyl (C=O) groups excluding carboxylic acids is 3. The third-order valence-corrected chi connectivity index (χ3v) is 19.2. The molecule has 0 rings (SSSR count). The highest BCUT2D eigenvalue weighted by molar-refractivity contribution is 7.47. The molecule has 105 heavy (non-hydrogen) atoms. The molecule has 0 aromatic heterocycles. The maximum absolute atomic E-state index is 12.9. The Morgan fingerprint density at radius 2 is 0.505 bits per heavy atom. The van der Waals surface area contributed by atoms with E-state index in [0.29, 0.717) is 19.3 Å². The first-order valence-corrected chi connectivity index (χ1v) is 44.5. The molecule has 0 aliphatic carbocycles. The molecule has 0 saturated carbocycles. The Bertz CT molecular complexity index is 2440. The maximum atomic E-state index is 12.9. The fraction of sp³-hybridized carbons (Fsp3) is 0.713. The average molecular weight is 1510 g/mol. The van der Waals surface area contributed by atoms with Gasteiger partial charge in [-0.15, -0.1) is 0 Å². The predicted octanol–water partition coefficient (Wildman–Crippen LogP) is 24.7. The first-order valence-electron chi connectivity index (χ1n) is 41.5. The fourth-order valence-electron chi connectivity index (χ4n) is 11.1. The first-order chi connectivity index (χ1) is 51.2. The molecule has 0 amide bonds. The summed E-state index contributed by atoms with van der Waals surface area (Å²) in [5, 5.41) is 20.6. The SMILES string of the molecule is CC/C=C\C/C=C\C/C=C\C/C=C\C/C=C\CCCCCCCCCCCCCCCCCCCCCC(=O)OCC(O)COP(=O)(O)OCC(O)COP(=O)(O)OCC(COC(=O)CCCCCCC/C=C\C/C=C\C/C=C\C/C=C\C/C=C\CC)OC(=O)CCCCCCC/C=C\CCCCCC. The van der Waals surface area contributed by atoms with Gasteiger partial charge in [0, 0.05) is 19.3 Å². The Balaban J connectivity index is 4.39. The van der Waals surface area contributed by atoms with E-state index in [-0.39, 0.29) is 19.3 Å². The van der Waals surface area contributed by atoms with Crippen molar-refractivity contribution in [2.45, 2.75) is 360 Å². The molecule has 0 spiro atoms. The van der Waals surface area contributed by atoms with Crippen molar-refractivity contribution in [3.05, 3.63) is 134 Å². The molecule has 0 heterocycles. The number of ether oxygens (including phenoxy) is 3. The highest BCUT2D eigenvalue weighted by Crippen LogP contribution is 2.45. The number of rotatable bonds is 78. The van der Waals surface area contributed by atoms with Gasteiger partial charge in [-0.3, -0.25) is 32.5 Å². The van der Waals surface area contributed by atoms with Crippen LogP contribution < -0.4 is 0 Å². The number of allylic oxidation sites excluding steroid dienone is 22. The van der Waals surface area contributed by atoms with Gasteiger partial charge in [-0.25, -0.2) is 9.13 Å². The van der Waals surface area contributed by atoms with Crippen LogP contribution in [-0.4, -0.2) is 95.9 Å². The lowest BCUT2D eigenvalue weighted by Crippen LogP contribution is -2.30. The second kappa shape index (κ2) is 79.2. The molecule has 0 radical (unpaired) electrons. The zero-order chi connectivity index (χ0) is 76.6. The van der Waals surface area contributed by atoms with Gasteiger partial charge in [0.2, 0.25) is 0 Å². The van der Waals surface area contributed by atoms with Crippen LogP contribution in [0.15, 0.2) is 134 Å². The summed E-state index contributed by atoms with van der Waals surface area (Å²) in [7, 11) is -9.80. The average Bonchev–Trinajstić information content (AvgIpc) is 1.03. The molecule has 4 N–H and O–H groups in total. The minimum absolute atomic E-state index is 0.0884. The Morgan fingerprint density at radius 3 is 0.810 bits per heavy atom. The van der Waals surface area contributed by atoms with Gasteiger partial charge in [-0.1, -0.05) is 321 Å². The molecule has 5 unspecified atom stereocenters. The van der Waals surface area contributed by atoms with Crippen molar-refractivity contribution in [2.24, 2.45) is 0 Å². The zero-order valence-electron chi connectivity index (χ0n) is 66.1. The largest absolute Gasteiger partial charge is 0.472 e. The van der Waals surface area contributed by atoms with Gasteiger partial charge in [0.05, 0.1) is 26.4 Å². The van der Waals surface area contributed by atoms with E-state index >= 15 is 0 Å². The van der Waals surface area contributed by atoms with E-state index in [0.717, 1.165) is 154 Å². The van der Waals surface area contributed by atoms with Crippen molar-refractivity contribution in [2.75, 3.05) is 39.6 Å². The van der Waals surface area contributed by atoms with E-state index in [1.165, 1.54) is 128 Å². The summed E-state index contributed by atoms with van der Waals surface area (Å²) in [6, 6.07) is 0. The van der Waals surface area contributed by atoms with Crippen LogP contribution in [0.3, 0.4) is 0 Å². The van der Waals surface area contributed by atoms with E-state index < -0.39 is 91.5 Å². The molecule has 0 aromatic rings. The van der Waals surface area contributed by atoms with Gasteiger partial charge in [0.25, 0.3) is 0 Å². The number of carbonyl (C=O) groups is 3. The molecule has 0 aliphatic heterocycles. The highest BCUT2D eigenvalue weighted by Gasteiger charge is 2.29. The number of phosphoric acid groups is 2. The highest BCUT2D eigenvalue weighted by atomic mass is 31.2. The Labute approximate surface area is 639 Å². The van der Waals surface area contributed by atoms with E-state index in [1.807, 2.05) is 0 Å². The molecule has 0 aromatic carbocycles. The molecule has 0 bridgehead atoms. The van der Waals surface area contributed by atoms with Crippen LogP contribution >= 0.6 is 15.6 Å². The second-order valence-corrected chi connectivity index (χ2v) is 30.4. The summed E-state index contributed by atoms with van der Waals surface area (Å²) in [5.41, 5.74) is 0. The van der Waals surface area contributed by atoms with Crippen molar-refractivity contribution in [1.29, 1.82) is 0 Å². The summed E-state index contributed by atoms with van der Waals surface area (Å²) in [6.45, 7) is 2.43.